The summed E-state index contributed by atoms with van der Waals surface area (Å²) in [5.74, 6) is 0.569. The lowest BCUT2D eigenvalue weighted by molar-refractivity contribution is -0.123. The number of amides is 1. The van der Waals surface area contributed by atoms with Crippen molar-refractivity contribution < 1.29 is 4.79 Å². The summed E-state index contributed by atoms with van der Waals surface area (Å²) < 4.78 is 0. The Bertz CT molecular complexity index is 412. The molecular weight excluding hydrogens is 236 g/mol. The van der Waals surface area contributed by atoms with E-state index in [-0.39, 0.29) is 11.4 Å². The molecule has 0 aromatic heterocycles. The van der Waals surface area contributed by atoms with Crippen LogP contribution in [0.5, 0.6) is 0 Å². The molecule has 1 atom stereocenters. The molecule has 0 spiro atoms. The molecule has 0 heterocycles. The van der Waals surface area contributed by atoms with Crippen molar-refractivity contribution in [2.24, 2.45) is 5.73 Å². The summed E-state index contributed by atoms with van der Waals surface area (Å²) in [4.78, 5) is 11.8. The third kappa shape index (κ3) is 4.06. The molecule has 0 bridgehead atoms. The van der Waals surface area contributed by atoms with Gasteiger partial charge in [-0.15, -0.1) is 0 Å². The third-order valence-electron chi connectivity index (χ3n) is 4.13. The van der Waals surface area contributed by atoms with Gasteiger partial charge in [0.25, 0.3) is 0 Å². The average molecular weight is 260 g/mol. The van der Waals surface area contributed by atoms with Crippen molar-refractivity contribution in [3.05, 3.63) is 35.9 Å². The van der Waals surface area contributed by atoms with Crippen molar-refractivity contribution in [3.8, 4) is 0 Å². The summed E-state index contributed by atoms with van der Waals surface area (Å²) in [5.41, 5.74) is 7.18. The second kappa shape index (κ2) is 6.20. The zero-order valence-corrected chi connectivity index (χ0v) is 11.7. The summed E-state index contributed by atoms with van der Waals surface area (Å²) >= 11 is 0. The molecule has 1 aromatic rings. The molecule has 2 rings (SSSR count). The molecule has 1 aliphatic rings. The minimum absolute atomic E-state index is 0.0995. The van der Waals surface area contributed by atoms with Crippen LogP contribution < -0.4 is 11.1 Å². The standard InChI is InChI=1S/C16H24N2O/c1-13(14-6-3-2-4-7-14)8-11-18-15(19)12-16(17)9-5-10-16/h2-4,6-7,13H,5,8-12,17H2,1H3,(H,18,19). The molecule has 3 heteroatoms. The SMILES string of the molecule is CC(CCNC(=O)CC1(N)CCC1)c1ccccc1. The van der Waals surface area contributed by atoms with E-state index in [4.69, 9.17) is 5.73 Å². The van der Waals surface area contributed by atoms with E-state index in [1.54, 1.807) is 0 Å². The molecule has 3 nitrogen and oxygen atoms in total. The number of rotatable bonds is 6. The van der Waals surface area contributed by atoms with E-state index in [1.165, 1.54) is 5.56 Å². The maximum Gasteiger partial charge on any atom is 0.221 e. The first-order chi connectivity index (χ1) is 9.09. The summed E-state index contributed by atoms with van der Waals surface area (Å²) in [6.45, 7) is 2.92. The first-order valence-electron chi connectivity index (χ1n) is 7.20. The molecule has 0 saturated heterocycles. The summed E-state index contributed by atoms with van der Waals surface area (Å²) in [6, 6.07) is 10.4. The monoisotopic (exact) mass is 260 g/mol. The van der Waals surface area contributed by atoms with Gasteiger partial charge < -0.3 is 11.1 Å². The zero-order valence-electron chi connectivity index (χ0n) is 11.7. The second-order valence-corrected chi connectivity index (χ2v) is 5.84. The Hall–Kier alpha value is -1.35. The molecule has 0 radical (unpaired) electrons. The van der Waals surface area contributed by atoms with E-state index in [0.717, 1.165) is 32.2 Å². The highest BCUT2D eigenvalue weighted by atomic mass is 16.1. The van der Waals surface area contributed by atoms with Gasteiger partial charge in [0.05, 0.1) is 0 Å². The number of hydrogen-bond acceptors (Lipinski definition) is 2. The van der Waals surface area contributed by atoms with Gasteiger partial charge >= 0.3 is 0 Å². The maximum atomic E-state index is 11.8. The fourth-order valence-electron chi connectivity index (χ4n) is 2.57. The average Bonchev–Trinajstić information content (AvgIpc) is 2.37. The predicted octanol–water partition coefficient (Wildman–Crippen LogP) is 2.57. The maximum absolute atomic E-state index is 11.8. The van der Waals surface area contributed by atoms with E-state index in [2.05, 4.69) is 36.5 Å². The van der Waals surface area contributed by atoms with Crippen LogP contribution in [0, 0.1) is 0 Å². The number of hydrogen-bond donors (Lipinski definition) is 2. The zero-order chi connectivity index (χ0) is 13.7. The Morgan fingerprint density at radius 2 is 2.05 bits per heavy atom. The van der Waals surface area contributed by atoms with Crippen molar-refractivity contribution in [3.63, 3.8) is 0 Å². The lowest BCUT2D eigenvalue weighted by atomic mass is 9.75. The van der Waals surface area contributed by atoms with Crippen LogP contribution in [0.2, 0.25) is 0 Å². The topological polar surface area (TPSA) is 55.1 Å². The minimum atomic E-state index is -0.213. The number of carbonyl (C=O) groups excluding carboxylic acids is 1. The van der Waals surface area contributed by atoms with Crippen molar-refractivity contribution in [2.75, 3.05) is 6.54 Å². The van der Waals surface area contributed by atoms with Gasteiger partial charge in [0.1, 0.15) is 0 Å². The van der Waals surface area contributed by atoms with Gasteiger partial charge in [-0.2, -0.15) is 0 Å². The highest BCUT2D eigenvalue weighted by molar-refractivity contribution is 5.77. The van der Waals surface area contributed by atoms with Crippen LogP contribution in [0.25, 0.3) is 0 Å². The van der Waals surface area contributed by atoms with Gasteiger partial charge in [-0.3, -0.25) is 4.79 Å². The lowest BCUT2D eigenvalue weighted by Crippen LogP contribution is -2.50. The first-order valence-corrected chi connectivity index (χ1v) is 7.20. The Morgan fingerprint density at radius 3 is 2.63 bits per heavy atom. The van der Waals surface area contributed by atoms with E-state index in [9.17, 15) is 4.79 Å². The molecule has 0 aliphatic heterocycles. The number of carbonyl (C=O) groups is 1. The van der Waals surface area contributed by atoms with Gasteiger partial charge in [0.2, 0.25) is 5.91 Å². The molecule has 1 saturated carbocycles. The molecule has 1 amide bonds. The molecule has 104 valence electrons. The van der Waals surface area contributed by atoms with Crippen molar-refractivity contribution in [1.82, 2.24) is 5.32 Å². The van der Waals surface area contributed by atoms with Crippen LogP contribution in [-0.2, 0) is 4.79 Å². The Morgan fingerprint density at radius 1 is 1.37 bits per heavy atom. The molecule has 1 unspecified atom stereocenters. The van der Waals surface area contributed by atoms with Crippen molar-refractivity contribution >= 4 is 5.91 Å². The normalized spacial score (nSPS) is 18.4. The highest BCUT2D eigenvalue weighted by Crippen LogP contribution is 2.31. The smallest absolute Gasteiger partial charge is 0.221 e. The highest BCUT2D eigenvalue weighted by Gasteiger charge is 2.34. The summed E-state index contributed by atoms with van der Waals surface area (Å²) in [5, 5.41) is 2.99. The van der Waals surface area contributed by atoms with Crippen molar-refractivity contribution in [1.29, 1.82) is 0 Å². The molecule has 19 heavy (non-hydrogen) atoms. The van der Waals surface area contributed by atoms with Crippen LogP contribution in [0.1, 0.15) is 50.5 Å². The molecule has 1 aliphatic carbocycles. The van der Waals surface area contributed by atoms with E-state index >= 15 is 0 Å². The summed E-state index contributed by atoms with van der Waals surface area (Å²) in [6.07, 6.45) is 4.58. The molecule has 1 aromatic carbocycles. The Balaban J connectivity index is 1.67. The van der Waals surface area contributed by atoms with Crippen LogP contribution >= 0.6 is 0 Å². The van der Waals surface area contributed by atoms with E-state index < -0.39 is 0 Å². The van der Waals surface area contributed by atoms with Gasteiger partial charge in [-0.1, -0.05) is 37.3 Å². The number of nitrogens with one attached hydrogen (secondary N) is 1. The van der Waals surface area contributed by atoms with E-state index in [0.29, 0.717) is 12.3 Å². The van der Waals surface area contributed by atoms with Crippen LogP contribution in [-0.4, -0.2) is 18.0 Å². The van der Waals surface area contributed by atoms with Gasteiger partial charge in [-0.25, -0.2) is 0 Å². The quantitative estimate of drug-likeness (QED) is 0.826. The Labute approximate surface area is 115 Å². The fraction of sp³-hybridized carbons (Fsp3) is 0.562. The van der Waals surface area contributed by atoms with Crippen molar-refractivity contribution in [2.45, 2.75) is 50.5 Å². The van der Waals surface area contributed by atoms with Crippen LogP contribution in [0.4, 0.5) is 0 Å². The van der Waals surface area contributed by atoms with Gasteiger partial charge in [0.15, 0.2) is 0 Å². The third-order valence-corrected chi connectivity index (χ3v) is 4.13. The first kappa shape index (κ1) is 14.1. The number of nitrogens with two attached hydrogens (primary N) is 1. The largest absolute Gasteiger partial charge is 0.356 e. The Kier molecular flexibility index (Phi) is 4.59. The minimum Gasteiger partial charge on any atom is -0.356 e. The van der Waals surface area contributed by atoms with Crippen LogP contribution in [0.3, 0.4) is 0 Å². The molecule has 1 fully saturated rings. The summed E-state index contributed by atoms with van der Waals surface area (Å²) in [7, 11) is 0. The van der Waals surface area contributed by atoms with E-state index in [1.807, 2.05) is 6.07 Å². The molecular formula is C16H24N2O. The molecule has 3 N–H and O–H groups in total. The fourth-order valence-corrected chi connectivity index (χ4v) is 2.57. The van der Waals surface area contributed by atoms with Gasteiger partial charge in [0, 0.05) is 18.5 Å². The van der Waals surface area contributed by atoms with Gasteiger partial charge in [-0.05, 0) is 37.2 Å². The lowest BCUT2D eigenvalue weighted by Gasteiger charge is -2.37. The van der Waals surface area contributed by atoms with Crippen LogP contribution in [0.15, 0.2) is 30.3 Å². The number of benzene rings is 1. The predicted molar refractivity (Wildman–Crippen MR) is 77.9 cm³/mol. The second-order valence-electron chi connectivity index (χ2n) is 5.84.